The van der Waals surface area contributed by atoms with Crippen LogP contribution >= 0.6 is 37.2 Å². The van der Waals surface area contributed by atoms with Gasteiger partial charge in [0.25, 0.3) is 0 Å². The zero-order valence-electron chi connectivity index (χ0n) is 4.43. The van der Waals surface area contributed by atoms with E-state index in [9.17, 15) is 9.59 Å². The Morgan fingerprint density at radius 3 is 1.33 bits per heavy atom. The number of carbonyl (C=O) groups excluding carboxylic acids is 2. The van der Waals surface area contributed by atoms with Gasteiger partial charge in [0.05, 0.1) is 0 Å². The molecule has 0 spiro atoms. The minimum atomic E-state index is -0.687. The molecule has 54 valence electrons. The van der Waals surface area contributed by atoms with Gasteiger partial charge in [0, 0.05) is 37.2 Å². The molecule has 0 atom stereocenters. The zero-order chi connectivity index (χ0) is 7.86. The lowest BCUT2D eigenvalue weighted by Crippen LogP contribution is -2.21. The maximum atomic E-state index is 9.73. The normalized spacial score (nSPS) is 6.89. The number of hydrogen-bond donors (Lipinski definition) is 2. The van der Waals surface area contributed by atoms with Crippen molar-refractivity contribution in [3.63, 3.8) is 0 Å². The van der Waals surface area contributed by atoms with E-state index >= 15 is 0 Å². The van der Waals surface area contributed by atoms with E-state index in [1.807, 2.05) is 0 Å². The molecule has 9 heavy (non-hydrogen) atoms. The van der Waals surface area contributed by atoms with Crippen molar-refractivity contribution in [2.75, 3.05) is 0 Å². The van der Waals surface area contributed by atoms with Gasteiger partial charge >= 0.3 is 0 Å². The molecule has 0 aromatic heterocycles. The highest BCUT2D eigenvalue weighted by atomic mass is 128. The van der Waals surface area contributed by atoms with Crippen LogP contribution in [0.25, 0.3) is 0 Å². The largest absolute Gasteiger partial charge is 0.369 e. The Morgan fingerprint density at radius 1 is 1.11 bits per heavy atom. The first-order valence-corrected chi connectivity index (χ1v) is 8.12. The Morgan fingerprint density at radius 2 is 1.33 bits per heavy atom. The van der Waals surface area contributed by atoms with Gasteiger partial charge in [0.2, 0.25) is 11.8 Å². The van der Waals surface area contributed by atoms with Crippen molar-refractivity contribution in [2.24, 2.45) is 11.5 Å². The van der Waals surface area contributed by atoms with E-state index in [1.54, 1.807) is 0 Å². The van der Waals surface area contributed by atoms with E-state index in [2.05, 4.69) is 48.7 Å². The van der Waals surface area contributed by atoms with Crippen LogP contribution in [0.4, 0.5) is 0 Å². The zero-order valence-corrected chi connectivity index (χ0v) is 8.75. The predicted octanol–water partition coefficient (Wildman–Crippen LogP) is 0.119. The van der Waals surface area contributed by atoms with E-state index in [-0.39, 0.29) is 6.42 Å². The third-order valence-electron chi connectivity index (χ3n) is 0.348. The van der Waals surface area contributed by atoms with E-state index < -0.39 is 11.8 Å². The lowest BCUT2D eigenvalue weighted by atomic mass is 10.4. The Kier molecular flexibility index (Phi) is 11.3. The Bertz CT molecular complexity index is 94.0. The molecule has 0 fully saturated rings. The van der Waals surface area contributed by atoms with Gasteiger partial charge in [-0.1, -0.05) is 0 Å². The van der Waals surface area contributed by atoms with Crippen molar-refractivity contribution in [2.45, 2.75) is 6.42 Å². The van der Waals surface area contributed by atoms with Gasteiger partial charge in [-0.3, -0.25) is 9.59 Å². The maximum Gasteiger partial charge on any atom is 0.226 e. The molecule has 4 N–H and O–H groups in total. The van der Waals surface area contributed by atoms with E-state index in [4.69, 9.17) is 0 Å². The quantitative estimate of drug-likeness (QED) is 0.544. The summed E-state index contributed by atoms with van der Waals surface area (Å²) in [4.78, 5) is 19.5. The lowest BCUT2D eigenvalue weighted by Gasteiger charge is -1.82. The predicted molar refractivity (Wildman–Crippen MR) is 51.0 cm³/mol. The standard InChI is InChI=1S/C3H6N2O2.I2/c4-2(6)1-3(5)7;1-2/h1H2,(H2,4,6)(H2,5,7);. The number of halogens is 2. The number of amides is 2. The number of carbonyl (C=O) groups is 2. The summed E-state index contributed by atoms with van der Waals surface area (Å²) in [6, 6.07) is 0. The van der Waals surface area contributed by atoms with Gasteiger partial charge in [0.15, 0.2) is 0 Å². The number of primary amides is 2. The summed E-state index contributed by atoms with van der Waals surface area (Å²) in [6.45, 7) is 0. The van der Waals surface area contributed by atoms with Crippen LogP contribution in [0.1, 0.15) is 6.42 Å². The fraction of sp³-hybridized carbons (Fsp3) is 0.333. The fourth-order valence-electron chi connectivity index (χ4n) is 0.172. The molecule has 2 amide bonds. The van der Waals surface area contributed by atoms with Crippen molar-refractivity contribution >= 4 is 49.0 Å². The highest BCUT2D eigenvalue weighted by Gasteiger charge is 1.96. The first kappa shape index (κ1) is 12.1. The minimum Gasteiger partial charge on any atom is -0.369 e. The molecule has 0 bridgehead atoms. The summed E-state index contributed by atoms with van der Waals surface area (Å²) in [5.74, 6) is -1.37. The summed E-state index contributed by atoms with van der Waals surface area (Å²) in [5, 5.41) is 0. The molecular weight excluding hydrogens is 350 g/mol. The highest BCUT2D eigenvalue weighted by molar-refractivity contribution is 15.0. The van der Waals surface area contributed by atoms with Gasteiger partial charge in [-0.05, 0) is 0 Å². The molecule has 4 nitrogen and oxygen atoms in total. The average Bonchev–Trinajstić information content (AvgIpc) is 1.68. The molecule has 0 rings (SSSR count). The second kappa shape index (κ2) is 8.40. The molecule has 0 aromatic carbocycles. The Balaban J connectivity index is 0. The molecule has 0 unspecified atom stereocenters. The second-order valence-electron chi connectivity index (χ2n) is 1.11. The first-order valence-electron chi connectivity index (χ1n) is 1.84. The van der Waals surface area contributed by atoms with Crippen molar-refractivity contribution < 1.29 is 9.59 Å². The van der Waals surface area contributed by atoms with Gasteiger partial charge < -0.3 is 11.5 Å². The Hall–Kier alpha value is 0.400. The smallest absolute Gasteiger partial charge is 0.226 e. The van der Waals surface area contributed by atoms with Gasteiger partial charge in [-0.25, -0.2) is 0 Å². The maximum absolute atomic E-state index is 9.73. The van der Waals surface area contributed by atoms with Gasteiger partial charge in [0.1, 0.15) is 6.42 Å². The Labute approximate surface area is 76.0 Å². The van der Waals surface area contributed by atoms with Gasteiger partial charge in [-0.2, -0.15) is 0 Å². The highest BCUT2D eigenvalue weighted by Crippen LogP contribution is 1.89. The van der Waals surface area contributed by atoms with Crippen LogP contribution in [-0.2, 0) is 9.59 Å². The summed E-state index contributed by atoms with van der Waals surface area (Å²) < 4.78 is 0. The van der Waals surface area contributed by atoms with Crippen LogP contribution in [0.15, 0.2) is 0 Å². The van der Waals surface area contributed by atoms with Crippen molar-refractivity contribution in [1.29, 1.82) is 0 Å². The molecule has 0 aliphatic rings. The summed E-state index contributed by atoms with van der Waals surface area (Å²) in [5.41, 5.74) is 9.11. The van der Waals surface area contributed by atoms with Crippen LogP contribution in [-0.4, -0.2) is 11.8 Å². The molecule has 0 radical (unpaired) electrons. The number of rotatable bonds is 2. The van der Waals surface area contributed by atoms with E-state index in [0.717, 1.165) is 0 Å². The van der Waals surface area contributed by atoms with Crippen LogP contribution in [0, 0.1) is 0 Å². The minimum absolute atomic E-state index is 0.361. The summed E-state index contributed by atoms with van der Waals surface area (Å²) in [6.07, 6.45) is -0.361. The fourth-order valence-corrected chi connectivity index (χ4v) is 0.172. The summed E-state index contributed by atoms with van der Waals surface area (Å²) >= 11 is 4.24. The average molecular weight is 356 g/mol. The molecule has 0 saturated heterocycles. The first-order chi connectivity index (χ1) is 4.13. The van der Waals surface area contributed by atoms with Crippen molar-refractivity contribution in [1.82, 2.24) is 0 Å². The van der Waals surface area contributed by atoms with Gasteiger partial charge in [-0.15, -0.1) is 0 Å². The third-order valence-corrected chi connectivity index (χ3v) is 0.348. The molecule has 0 heterocycles. The molecule has 0 saturated carbocycles. The third kappa shape index (κ3) is 17.8. The molecule has 0 aliphatic carbocycles. The summed E-state index contributed by atoms with van der Waals surface area (Å²) in [7, 11) is 0. The van der Waals surface area contributed by atoms with E-state index in [1.165, 1.54) is 0 Å². The topological polar surface area (TPSA) is 86.2 Å². The molecule has 0 aromatic rings. The molecule has 6 heteroatoms. The van der Waals surface area contributed by atoms with Crippen LogP contribution < -0.4 is 11.5 Å². The second-order valence-corrected chi connectivity index (χ2v) is 1.11. The van der Waals surface area contributed by atoms with Crippen molar-refractivity contribution in [3.8, 4) is 0 Å². The number of hydrogen-bond acceptors (Lipinski definition) is 2. The lowest BCUT2D eigenvalue weighted by molar-refractivity contribution is -0.125. The van der Waals surface area contributed by atoms with E-state index in [0.29, 0.717) is 0 Å². The van der Waals surface area contributed by atoms with Crippen molar-refractivity contribution in [3.05, 3.63) is 0 Å². The molecular formula is C3H6I2N2O2. The number of nitrogens with two attached hydrogens (primary N) is 2. The SMILES string of the molecule is II.NC(=O)CC(N)=O. The van der Waals surface area contributed by atoms with Crippen LogP contribution in [0.5, 0.6) is 0 Å². The van der Waals surface area contributed by atoms with Crippen LogP contribution in [0.3, 0.4) is 0 Å². The monoisotopic (exact) mass is 356 g/mol. The van der Waals surface area contributed by atoms with Crippen LogP contribution in [0.2, 0.25) is 0 Å². The molecule has 0 aliphatic heterocycles.